The zero-order chi connectivity index (χ0) is 13.4. The quantitative estimate of drug-likeness (QED) is 0.845. The van der Waals surface area contributed by atoms with E-state index in [1.54, 1.807) is 26.0 Å². The van der Waals surface area contributed by atoms with Gasteiger partial charge in [0.25, 0.3) is 0 Å². The fourth-order valence-corrected chi connectivity index (χ4v) is 1.97. The minimum absolute atomic E-state index is 0.0134. The van der Waals surface area contributed by atoms with Gasteiger partial charge in [-0.1, -0.05) is 6.07 Å². The minimum atomic E-state index is -0.970. The second-order valence-corrected chi connectivity index (χ2v) is 5.58. The summed E-state index contributed by atoms with van der Waals surface area (Å²) in [5.74, 6) is -0.189. The Bertz CT molecular complexity index is 436. The fourth-order valence-electron chi connectivity index (χ4n) is 1.97. The van der Waals surface area contributed by atoms with Crippen LogP contribution in [0.25, 0.3) is 0 Å². The first-order valence-corrected chi connectivity index (χ1v) is 6.20. The van der Waals surface area contributed by atoms with Crippen LogP contribution >= 0.6 is 0 Å². The molecule has 2 rings (SSSR count). The molecule has 0 aliphatic heterocycles. The topological polar surface area (TPSA) is 41.5 Å². The molecular formula is C14H20FNO2. The third-order valence-electron chi connectivity index (χ3n) is 3.29. The smallest absolute Gasteiger partial charge is 0.165 e. The standard InChI is InChI=1S/C14H20FNO2/c1-13(2,17)9-18-12-8-10(4-5-11(12)15)14(16-3)6-7-14/h4-5,8,16-17H,6-7,9H2,1-3H3. The molecule has 4 heteroatoms. The van der Waals surface area contributed by atoms with Crippen LogP contribution < -0.4 is 10.1 Å². The maximum Gasteiger partial charge on any atom is 0.165 e. The Morgan fingerprint density at radius 3 is 2.61 bits per heavy atom. The van der Waals surface area contributed by atoms with E-state index in [-0.39, 0.29) is 17.9 Å². The average molecular weight is 253 g/mol. The van der Waals surface area contributed by atoms with Gasteiger partial charge in [0.1, 0.15) is 6.61 Å². The molecule has 0 bridgehead atoms. The minimum Gasteiger partial charge on any atom is -0.488 e. The normalized spacial score (nSPS) is 17.6. The summed E-state index contributed by atoms with van der Waals surface area (Å²) in [5.41, 5.74) is 0.0561. The molecule has 0 heterocycles. The van der Waals surface area contributed by atoms with Gasteiger partial charge in [0.2, 0.25) is 0 Å². The summed E-state index contributed by atoms with van der Waals surface area (Å²) in [6.45, 7) is 3.33. The van der Waals surface area contributed by atoms with Crippen molar-refractivity contribution in [2.75, 3.05) is 13.7 Å². The van der Waals surface area contributed by atoms with Crippen molar-refractivity contribution in [2.24, 2.45) is 0 Å². The zero-order valence-electron chi connectivity index (χ0n) is 11.1. The predicted molar refractivity (Wildman–Crippen MR) is 68.2 cm³/mol. The van der Waals surface area contributed by atoms with E-state index in [0.717, 1.165) is 18.4 Å². The van der Waals surface area contributed by atoms with Crippen molar-refractivity contribution in [3.63, 3.8) is 0 Å². The van der Waals surface area contributed by atoms with Gasteiger partial charge in [-0.25, -0.2) is 4.39 Å². The first-order chi connectivity index (χ1) is 8.36. The van der Waals surface area contributed by atoms with Crippen molar-refractivity contribution >= 4 is 0 Å². The third-order valence-corrected chi connectivity index (χ3v) is 3.29. The van der Waals surface area contributed by atoms with E-state index in [4.69, 9.17) is 4.74 Å². The van der Waals surface area contributed by atoms with Gasteiger partial charge in [-0.3, -0.25) is 0 Å². The highest BCUT2D eigenvalue weighted by atomic mass is 19.1. The zero-order valence-corrected chi connectivity index (χ0v) is 11.1. The van der Waals surface area contributed by atoms with Crippen LogP contribution in [0.2, 0.25) is 0 Å². The van der Waals surface area contributed by atoms with E-state index in [1.807, 2.05) is 7.05 Å². The molecule has 100 valence electrons. The molecular weight excluding hydrogens is 233 g/mol. The Balaban J connectivity index is 2.17. The number of rotatable bonds is 5. The predicted octanol–water partition coefficient (Wildman–Crippen LogP) is 2.18. The van der Waals surface area contributed by atoms with Crippen LogP contribution in [0, 0.1) is 5.82 Å². The molecule has 0 spiro atoms. The van der Waals surface area contributed by atoms with Crippen LogP contribution in [0.3, 0.4) is 0 Å². The molecule has 1 aliphatic carbocycles. The number of nitrogens with one attached hydrogen (secondary N) is 1. The molecule has 0 aromatic heterocycles. The van der Waals surface area contributed by atoms with Crippen molar-refractivity contribution in [1.29, 1.82) is 0 Å². The largest absolute Gasteiger partial charge is 0.488 e. The van der Waals surface area contributed by atoms with Crippen molar-refractivity contribution in [1.82, 2.24) is 5.32 Å². The van der Waals surface area contributed by atoms with Gasteiger partial charge in [-0.2, -0.15) is 0 Å². The molecule has 2 N–H and O–H groups in total. The second-order valence-electron chi connectivity index (χ2n) is 5.58. The first-order valence-electron chi connectivity index (χ1n) is 6.20. The Labute approximate surface area is 107 Å². The molecule has 1 aromatic rings. The molecule has 18 heavy (non-hydrogen) atoms. The van der Waals surface area contributed by atoms with Gasteiger partial charge in [0, 0.05) is 5.54 Å². The van der Waals surface area contributed by atoms with E-state index in [2.05, 4.69) is 5.32 Å². The number of aliphatic hydroxyl groups is 1. The Hall–Kier alpha value is -1.13. The van der Waals surface area contributed by atoms with Crippen LogP contribution in [0.5, 0.6) is 5.75 Å². The van der Waals surface area contributed by atoms with E-state index < -0.39 is 11.4 Å². The third kappa shape index (κ3) is 2.82. The molecule has 1 fully saturated rings. The number of benzene rings is 1. The summed E-state index contributed by atoms with van der Waals surface area (Å²) < 4.78 is 19.0. The highest BCUT2D eigenvalue weighted by Gasteiger charge is 2.43. The lowest BCUT2D eigenvalue weighted by molar-refractivity contribution is 0.0271. The Kier molecular flexibility index (Phi) is 3.34. The van der Waals surface area contributed by atoms with Gasteiger partial charge >= 0.3 is 0 Å². The van der Waals surface area contributed by atoms with Gasteiger partial charge in [-0.05, 0) is 51.4 Å². The summed E-state index contributed by atoms with van der Waals surface area (Å²) in [7, 11) is 1.91. The molecule has 1 aromatic carbocycles. The van der Waals surface area contributed by atoms with Crippen LogP contribution in [-0.4, -0.2) is 24.4 Å². The molecule has 3 nitrogen and oxygen atoms in total. The van der Waals surface area contributed by atoms with E-state index in [1.165, 1.54) is 6.07 Å². The molecule has 0 radical (unpaired) electrons. The molecule has 1 aliphatic rings. The van der Waals surface area contributed by atoms with Gasteiger partial charge in [0.15, 0.2) is 11.6 Å². The van der Waals surface area contributed by atoms with E-state index >= 15 is 0 Å². The number of hydrogen-bond donors (Lipinski definition) is 2. The first kappa shape index (κ1) is 13.3. The summed E-state index contributed by atoms with van der Waals surface area (Å²) in [5, 5.41) is 12.9. The lowest BCUT2D eigenvalue weighted by Crippen LogP contribution is -2.28. The monoisotopic (exact) mass is 253 g/mol. The molecule has 1 saturated carbocycles. The maximum atomic E-state index is 13.6. The number of hydrogen-bond acceptors (Lipinski definition) is 3. The fraction of sp³-hybridized carbons (Fsp3) is 0.571. The van der Waals surface area contributed by atoms with Crippen LogP contribution in [-0.2, 0) is 5.54 Å². The summed E-state index contributed by atoms with van der Waals surface area (Å²) in [4.78, 5) is 0. The van der Waals surface area contributed by atoms with Crippen LogP contribution in [0.15, 0.2) is 18.2 Å². The van der Waals surface area contributed by atoms with Crippen molar-refractivity contribution < 1.29 is 14.2 Å². The van der Waals surface area contributed by atoms with Crippen molar-refractivity contribution in [3.05, 3.63) is 29.6 Å². The number of ether oxygens (including phenoxy) is 1. The Morgan fingerprint density at radius 1 is 1.44 bits per heavy atom. The maximum absolute atomic E-state index is 13.6. The van der Waals surface area contributed by atoms with Gasteiger partial charge in [0.05, 0.1) is 5.60 Å². The molecule has 0 unspecified atom stereocenters. The van der Waals surface area contributed by atoms with Crippen LogP contribution in [0.1, 0.15) is 32.3 Å². The lowest BCUT2D eigenvalue weighted by atomic mass is 10.0. The number of halogens is 1. The molecule has 0 amide bonds. The molecule has 0 atom stereocenters. The van der Waals surface area contributed by atoms with Crippen molar-refractivity contribution in [3.8, 4) is 5.75 Å². The van der Waals surface area contributed by atoms with E-state index in [9.17, 15) is 9.50 Å². The molecule has 0 saturated heterocycles. The lowest BCUT2D eigenvalue weighted by Gasteiger charge is -2.20. The summed E-state index contributed by atoms with van der Waals surface area (Å²) >= 11 is 0. The second kappa shape index (κ2) is 4.52. The van der Waals surface area contributed by atoms with E-state index in [0.29, 0.717) is 0 Å². The highest BCUT2D eigenvalue weighted by Crippen LogP contribution is 2.46. The SMILES string of the molecule is CNC1(c2ccc(F)c(OCC(C)(C)O)c2)CC1. The average Bonchev–Trinajstić information content (AvgIpc) is 3.08. The Morgan fingerprint density at radius 2 is 2.11 bits per heavy atom. The summed E-state index contributed by atoms with van der Waals surface area (Å²) in [6, 6.07) is 4.94. The summed E-state index contributed by atoms with van der Waals surface area (Å²) in [6.07, 6.45) is 2.11. The van der Waals surface area contributed by atoms with Gasteiger partial charge < -0.3 is 15.2 Å². The van der Waals surface area contributed by atoms with Crippen molar-refractivity contribution in [2.45, 2.75) is 37.8 Å². The van der Waals surface area contributed by atoms with Crippen LogP contribution in [0.4, 0.5) is 4.39 Å². The van der Waals surface area contributed by atoms with Gasteiger partial charge in [-0.15, -0.1) is 0 Å². The highest BCUT2D eigenvalue weighted by molar-refractivity contribution is 5.37.